The molecule has 7 heteroatoms. The first kappa shape index (κ1) is 18.3. The Kier molecular flexibility index (Phi) is 4.65. The van der Waals surface area contributed by atoms with E-state index in [0.29, 0.717) is 54.8 Å². The molecule has 0 unspecified atom stereocenters. The molecule has 150 valence electrons. The molecule has 2 N–H and O–H groups in total. The number of carbonyl (C=O) groups is 1. The molecule has 5 rings (SSSR count). The molecule has 30 heavy (non-hydrogen) atoms. The van der Waals surface area contributed by atoms with E-state index < -0.39 is 0 Å². The van der Waals surface area contributed by atoms with Gasteiger partial charge in [0.05, 0.1) is 25.1 Å². The van der Waals surface area contributed by atoms with Crippen LogP contribution in [0, 0.1) is 0 Å². The van der Waals surface area contributed by atoms with Crippen LogP contribution in [-0.2, 0) is 4.74 Å². The van der Waals surface area contributed by atoms with E-state index in [2.05, 4.69) is 9.97 Å². The lowest BCUT2D eigenvalue weighted by molar-refractivity contribution is 0.0303. The topological polar surface area (TPSA) is 94.5 Å². The molecule has 0 atom stereocenters. The predicted molar refractivity (Wildman–Crippen MR) is 114 cm³/mol. The number of nitrogens with zero attached hydrogens (tertiary/aromatic N) is 3. The van der Waals surface area contributed by atoms with Gasteiger partial charge in [-0.25, -0.2) is 9.97 Å². The molecular weight excluding hydrogens is 380 g/mol. The highest BCUT2D eigenvalue weighted by Gasteiger charge is 2.19. The molecule has 0 bridgehead atoms. The number of rotatable bonds is 3. The molecule has 4 aromatic rings. The van der Waals surface area contributed by atoms with Crippen LogP contribution in [0.1, 0.15) is 10.4 Å². The van der Waals surface area contributed by atoms with E-state index in [-0.39, 0.29) is 5.91 Å². The molecule has 1 aliphatic heterocycles. The third-order valence-corrected chi connectivity index (χ3v) is 5.19. The van der Waals surface area contributed by atoms with Crippen molar-refractivity contribution in [3.8, 4) is 22.7 Å². The van der Waals surface area contributed by atoms with Gasteiger partial charge in [0, 0.05) is 29.6 Å². The van der Waals surface area contributed by atoms with Crippen molar-refractivity contribution in [2.45, 2.75) is 0 Å². The standard InChI is InChI=1S/C23H20N4O3/c24-22-21(20-13-17-3-1-2-4-19(17)30-20)26-18(14-25-22)15-5-7-16(8-6-15)23(28)27-9-11-29-12-10-27/h1-8,13-14H,9-12H2,(H2,24,25). The molecule has 3 heterocycles. The normalized spacial score (nSPS) is 14.2. The van der Waals surface area contributed by atoms with Crippen LogP contribution in [-0.4, -0.2) is 47.1 Å². The maximum absolute atomic E-state index is 12.6. The quantitative estimate of drug-likeness (QED) is 0.565. The summed E-state index contributed by atoms with van der Waals surface area (Å²) >= 11 is 0. The molecule has 7 nitrogen and oxygen atoms in total. The van der Waals surface area contributed by atoms with E-state index in [4.69, 9.17) is 14.9 Å². The fraction of sp³-hybridized carbons (Fsp3) is 0.174. The molecule has 0 spiro atoms. The molecule has 1 saturated heterocycles. The van der Waals surface area contributed by atoms with Gasteiger partial charge in [0.15, 0.2) is 11.6 Å². The van der Waals surface area contributed by atoms with Crippen LogP contribution in [0.2, 0.25) is 0 Å². The minimum absolute atomic E-state index is 0.0104. The van der Waals surface area contributed by atoms with Crippen LogP contribution in [0.3, 0.4) is 0 Å². The Labute approximate surface area is 173 Å². The highest BCUT2D eigenvalue weighted by Crippen LogP contribution is 2.31. The first-order valence-electron chi connectivity index (χ1n) is 9.78. The second kappa shape index (κ2) is 7.61. The summed E-state index contributed by atoms with van der Waals surface area (Å²) in [6, 6.07) is 17.0. The number of aromatic nitrogens is 2. The number of nitrogen functional groups attached to an aromatic ring is 1. The third kappa shape index (κ3) is 3.40. The summed E-state index contributed by atoms with van der Waals surface area (Å²) in [6.07, 6.45) is 1.63. The number of anilines is 1. The molecule has 1 amide bonds. The molecule has 1 aliphatic rings. The highest BCUT2D eigenvalue weighted by molar-refractivity contribution is 5.94. The van der Waals surface area contributed by atoms with E-state index >= 15 is 0 Å². The zero-order valence-electron chi connectivity index (χ0n) is 16.2. The molecule has 2 aromatic heterocycles. The van der Waals surface area contributed by atoms with Gasteiger partial charge < -0.3 is 19.8 Å². The van der Waals surface area contributed by atoms with Gasteiger partial charge in [-0.1, -0.05) is 30.3 Å². The maximum Gasteiger partial charge on any atom is 0.254 e. The largest absolute Gasteiger partial charge is 0.454 e. The van der Waals surface area contributed by atoms with Crippen LogP contribution in [0.4, 0.5) is 5.82 Å². The number of morpholine rings is 1. The van der Waals surface area contributed by atoms with Crippen molar-refractivity contribution in [3.63, 3.8) is 0 Å². The molecule has 1 fully saturated rings. The fourth-order valence-corrected chi connectivity index (χ4v) is 3.55. The van der Waals surface area contributed by atoms with Gasteiger partial charge in [0.1, 0.15) is 11.3 Å². The number of nitrogens with two attached hydrogens (primary N) is 1. The number of ether oxygens (including phenoxy) is 1. The predicted octanol–water partition coefficient (Wildman–Crippen LogP) is 3.61. The molecule has 0 radical (unpaired) electrons. The average Bonchev–Trinajstić information content (AvgIpc) is 3.24. The molecule has 2 aromatic carbocycles. The zero-order valence-corrected chi connectivity index (χ0v) is 16.2. The van der Waals surface area contributed by atoms with Crippen molar-refractivity contribution in [3.05, 3.63) is 66.4 Å². The summed E-state index contributed by atoms with van der Waals surface area (Å²) < 4.78 is 11.2. The van der Waals surface area contributed by atoms with Crippen LogP contribution < -0.4 is 5.73 Å². The van der Waals surface area contributed by atoms with Gasteiger partial charge in [-0.3, -0.25) is 4.79 Å². The van der Waals surface area contributed by atoms with Crippen molar-refractivity contribution in [1.82, 2.24) is 14.9 Å². The second-order valence-corrected chi connectivity index (χ2v) is 7.12. The number of hydrogen-bond donors (Lipinski definition) is 1. The monoisotopic (exact) mass is 400 g/mol. The van der Waals surface area contributed by atoms with Gasteiger partial charge in [0.25, 0.3) is 5.91 Å². The Bertz CT molecular complexity index is 1180. The highest BCUT2D eigenvalue weighted by atomic mass is 16.5. The van der Waals surface area contributed by atoms with E-state index in [1.165, 1.54) is 0 Å². The van der Waals surface area contributed by atoms with Crippen LogP contribution in [0.5, 0.6) is 0 Å². The lowest BCUT2D eigenvalue weighted by Gasteiger charge is -2.26. The van der Waals surface area contributed by atoms with Crippen molar-refractivity contribution < 1.29 is 13.9 Å². The Balaban J connectivity index is 1.44. The SMILES string of the molecule is Nc1ncc(-c2ccc(C(=O)N3CCOCC3)cc2)nc1-c1cc2ccccc2o1. The summed E-state index contributed by atoms with van der Waals surface area (Å²) in [5.74, 6) is 0.885. The molecule has 0 aliphatic carbocycles. The van der Waals surface area contributed by atoms with Crippen molar-refractivity contribution >= 4 is 22.7 Å². The number of fused-ring (bicyclic) bond motifs is 1. The lowest BCUT2D eigenvalue weighted by atomic mass is 10.1. The van der Waals surface area contributed by atoms with Crippen LogP contribution in [0.15, 0.2) is 65.2 Å². The summed E-state index contributed by atoms with van der Waals surface area (Å²) in [5.41, 5.74) is 9.48. The van der Waals surface area contributed by atoms with E-state index in [1.807, 2.05) is 54.6 Å². The molecular formula is C23H20N4O3. The van der Waals surface area contributed by atoms with Crippen LogP contribution in [0.25, 0.3) is 33.7 Å². The van der Waals surface area contributed by atoms with Gasteiger partial charge in [-0.15, -0.1) is 0 Å². The summed E-state index contributed by atoms with van der Waals surface area (Å²) in [5, 5.41) is 0.977. The van der Waals surface area contributed by atoms with E-state index in [0.717, 1.165) is 16.5 Å². The minimum Gasteiger partial charge on any atom is -0.454 e. The average molecular weight is 400 g/mol. The summed E-state index contributed by atoms with van der Waals surface area (Å²) in [6.45, 7) is 2.39. The number of benzene rings is 2. The number of amides is 1. The third-order valence-electron chi connectivity index (χ3n) is 5.19. The number of para-hydroxylation sites is 1. The first-order valence-corrected chi connectivity index (χ1v) is 9.78. The first-order chi connectivity index (χ1) is 14.7. The van der Waals surface area contributed by atoms with Crippen molar-refractivity contribution in [2.75, 3.05) is 32.0 Å². The zero-order chi connectivity index (χ0) is 20.5. The lowest BCUT2D eigenvalue weighted by Crippen LogP contribution is -2.40. The minimum atomic E-state index is 0.0104. The van der Waals surface area contributed by atoms with E-state index in [9.17, 15) is 4.79 Å². The van der Waals surface area contributed by atoms with E-state index in [1.54, 1.807) is 11.1 Å². The van der Waals surface area contributed by atoms with Gasteiger partial charge >= 0.3 is 0 Å². The van der Waals surface area contributed by atoms with Gasteiger partial charge in [-0.05, 0) is 24.3 Å². The fourth-order valence-electron chi connectivity index (χ4n) is 3.55. The maximum atomic E-state index is 12.6. The Morgan fingerprint density at radius 3 is 2.57 bits per heavy atom. The van der Waals surface area contributed by atoms with Crippen molar-refractivity contribution in [2.24, 2.45) is 0 Å². The Hall–Kier alpha value is -3.71. The van der Waals surface area contributed by atoms with Gasteiger partial charge in [0.2, 0.25) is 0 Å². The number of hydrogen-bond acceptors (Lipinski definition) is 6. The molecule has 0 saturated carbocycles. The van der Waals surface area contributed by atoms with Crippen molar-refractivity contribution in [1.29, 1.82) is 0 Å². The van der Waals surface area contributed by atoms with Gasteiger partial charge in [-0.2, -0.15) is 0 Å². The Morgan fingerprint density at radius 2 is 1.80 bits per heavy atom. The number of furan rings is 1. The van der Waals surface area contributed by atoms with Crippen LogP contribution >= 0.6 is 0 Å². The summed E-state index contributed by atoms with van der Waals surface area (Å²) in [4.78, 5) is 23.4. The number of carbonyl (C=O) groups excluding carboxylic acids is 1. The smallest absolute Gasteiger partial charge is 0.254 e. The summed E-state index contributed by atoms with van der Waals surface area (Å²) in [7, 11) is 0. The second-order valence-electron chi connectivity index (χ2n) is 7.12. The Morgan fingerprint density at radius 1 is 1.03 bits per heavy atom.